The lowest BCUT2D eigenvalue weighted by atomic mass is 9.90. The standard InChI is InChI=1S/C10H14N4OS/c1-14-9(15)12-13-10(14)16-8-5-3-2-4-7(8)6-11/h7-8H,2-5H2,1H3,(H,12,15). The normalized spacial score (nSPS) is 25.2. The summed E-state index contributed by atoms with van der Waals surface area (Å²) in [5, 5.41) is 16.4. The quantitative estimate of drug-likeness (QED) is 0.842. The van der Waals surface area contributed by atoms with E-state index in [1.807, 2.05) is 0 Å². The van der Waals surface area contributed by atoms with Crippen molar-refractivity contribution in [2.24, 2.45) is 13.0 Å². The summed E-state index contributed by atoms with van der Waals surface area (Å²) in [6.07, 6.45) is 4.29. The van der Waals surface area contributed by atoms with Crippen molar-refractivity contribution >= 4 is 11.8 Å². The van der Waals surface area contributed by atoms with Crippen LogP contribution >= 0.6 is 11.8 Å². The lowest BCUT2D eigenvalue weighted by molar-refractivity contribution is 0.438. The number of nitrogens with zero attached hydrogens (tertiary/aromatic N) is 3. The van der Waals surface area contributed by atoms with Crippen molar-refractivity contribution in [2.45, 2.75) is 36.1 Å². The van der Waals surface area contributed by atoms with Gasteiger partial charge in [-0.1, -0.05) is 24.6 Å². The molecule has 0 spiro atoms. The van der Waals surface area contributed by atoms with Crippen molar-refractivity contribution in [3.05, 3.63) is 10.5 Å². The second-order valence-corrected chi connectivity index (χ2v) is 5.25. The molecule has 2 rings (SSSR count). The van der Waals surface area contributed by atoms with Crippen LogP contribution < -0.4 is 5.69 Å². The summed E-state index contributed by atoms with van der Waals surface area (Å²) in [6, 6.07) is 2.35. The van der Waals surface area contributed by atoms with Crippen LogP contribution in [0.2, 0.25) is 0 Å². The highest BCUT2D eigenvalue weighted by molar-refractivity contribution is 7.99. The average Bonchev–Trinajstić information content (AvgIpc) is 2.62. The number of hydrogen-bond donors (Lipinski definition) is 1. The topological polar surface area (TPSA) is 74.5 Å². The van der Waals surface area contributed by atoms with Crippen LogP contribution in [0, 0.1) is 17.2 Å². The first-order chi connectivity index (χ1) is 7.72. The van der Waals surface area contributed by atoms with Gasteiger partial charge in [-0.25, -0.2) is 9.89 Å². The SMILES string of the molecule is Cn1c(SC2CCCCC2C#N)n[nH]c1=O. The molecule has 1 aromatic heterocycles. The fraction of sp³-hybridized carbons (Fsp3) is 0.700. The molecule has 1 aliphatic carbocycles. The van der Waals surface area contributed by atoms with E-state index < -0.39 is 0 Å². The number of H-pyrrole nitrogens is 1. The third kappa shape index (κ3) is 2.14. The Morgan fingerprint density at radius 3 is 2.94 bits per heavy atom. The van der Waals surface area contributed by atoms with Gasteiger partial charge in [0.2, 0.25) is 0 Å². The van der Waals surface area contributed by atoms with Crippen molar-refractivity contribution in [2.75, 3.05) is 0 Å². The fourth-order valence-corrected chi connectivity index (χ4v) is 3.21. The van der Waals surface area contributed by atoms with Crippen LogP contribution in [-0.4, -0.2) is 20.0 Å². The second kappa shape index (κ2) is 4.74. The van der Waals surface area contributed by atoms with Crippen LogP contribution in [-0.2, 0) is 7.05 Å². The number of rotatable bonds is 2. The molecule has 0 aromatic carbocycles. The maximum absolute atomic E-state index is 11.2. The van der Waals surface area contributed by atoms with Gasteiger partial charge < -0.3 is 0 Å². The summed E-state index contributed by atoms with van der Waals surface area (Å²) in [5.41, 5.74) is -0.202. The molecule has 0 saturated heterocycles. The van der Waals surface area contributed by atoms with Gasteiger partial charge >= 0.3 is 5.69 Å². The Kier molecular flexibility index (Phi) is 3.34. The summed E-state index contributed by atoms with van der Waals surface area (Å²) in [7, 11) is 1.69. The third-order valence-electron chi connectivity index (χ3n) is 2.96. The van der Waals surface area contributed by atoms with Gasteiger partial charge in [-0.15, -0.1) is 5.10 Å². The number of thioether (sulfide) groups is 1. The van der Waals surface area contributed by atoms with E-state index in [0.29, 0.717) is 5.16 Å². The molecule has 1 heterocycles. The summed E-state index contributed by atoms with van der Waals surface area (Å²) < 4.78 is 1.49. The van der Waals surface area contributed by atoms with E-state index in [1.165, 1.54) is 4.57 Å². The zero-order valence-corrected chi connectivity index (χ0v) is 9.96. The van der Waals surface area contributed by atoms with Gasteiger partial charge in [0.1, 0.15) is 0 Å². The van der Waals surface area contributed by atoms with Crippen LogP contribution in [0.25, 0.3) is 0 Å². The molecular formula is C10H14N4OS. The Balaban J connectivity index is 2.11. The molecule has 0 radical (unpaired) electrons. The minimum atomic E-state index is -0.202. The van der Waals surface area contributed by atoms with Crippen molar-refractivity contribution in [3.63, 3.8) is 0 Å². The second-order valence-electron chi connectivity index (χ2n) is 4.05. The van der Waals surface area contributed by atoms with Crippen LogP contribution in [0.15, 0.2) is 9.95 Å². The molecule has 0 amide bonds. The summed E-state index contributed by atoms with van der Waals surface area (Å²) in [4.78, 5) is 11.2. The Morgan fingerprint density at radius 2 is 2.31 bits per heavy atom. The Labute approximate surface area is 97.8 Å². The summed E-state index contributed by atoms with van der Waals surface area (Å²) >= 11 is 1.54. The minimum absolute atomic E-state index is 0.0885. The fourth-order valence-electron chi connectivity index (χ4n) is 1.96. The van der Waals surface area contributed by atoms with E-state index in [2.05, 4.69) is 16.3 Å². The smallest absolute Gasteiger partial charge is 0.273 e. The third-order valence-corrected chi connectivity index (χ3v) is 4.41. The van der Waals surface area contributed by atoms with Crippen molar-refractivity contribution in [1.82, 2.24) is 14.8 Å². The lowest BCUT2D eigenvalue weighted by Gasteiger charge is -2.25. The van der Waals surface area contributed by atoms with E-state index in [-0.39, 0.29) is 16.9 Å². The van der Waals surface area contributed by atoms with Crippen LogP contribution in [0.1, 0.15) is 25.7 Å². The average molecular weight is 238 g/mol. The molecule has 2 unspecified atom stereocenters. The largest absolute Gasteiger partial charge is 0.343 e. The molecule has 6 heteroatoms. The van der Waals surface area contributed by atoms with Gasteiger partial charge in [-0.2, -0.15) is 5.26 Å². The highest BCUT2D eigenvalue weighted by Crippen LogP contribution is 2.35. The molecule has 1 N–H and O–H groups in total. The van der Waals surface area contributed by atoms with E-state index in [1.54, 1.807) is 18.8 Å². The number of nitriles is 1. The highest BCUT2D eigenvalue weighted by Gasteiger charge is 2.27. The van der Waals surface area contributed by atoms with Gasteiger partial charge in [0, 0.05) is 12.3 Å². The van der Waals surface area contributed by atoms with Gasteiger partial charge in [0.05, 0.1) is 12.0 Å². The molecule has 86 valence electrons. The predicted molar refractivity (Wildman–Crippen MR) is 61.0 cm³/mol. The van der Waals surface area contributed by atoms with Crippen LogP contribution in [0.4, 0.5) is 0 Å². The summed E-state index contributed by atoms with van der Waals surface area (Å²) in [5.74, 6) is 0.0885. The first-order valence-corrected chi connectivity index (χ1v) is 6.28. The Morgan fingerprint density at radius 1 is 1.56 bits per heavy atom. The number of nitrogens with one attached hydrogen (secondary N) is 1. The van der Waals surface area contributed by atoms with Gasteiger partial charge in [0.25, 0.3) is 0 Å². The van der Waals surface area contributed by atoms with E-state index >= 15 is 0 Å². The zero-order chi connectivity index (χ0) is 11.5. The monoisotopic (exact) mass is 238 g/mol. The first kappa shape index (κ1) is 11.3. The molecule has 0 bridgehead atoms. The van der Waals surface area contributed by atoms with Crippen molar-refractivity contribution in [3.8, 4) is 6.07 Å². The molecule has 1 fully saturated rings. The van der Waals surface area contributed by atoms with Crippen molar-refractivity contribution in [1.29, 1.82) is 5.26 Å². The lowest BCUT2D eigenvalue weighted by Crippen LogP contribution is -2.21. The van der Waals surface area contributed by atoms with E-state index in [4.69, 9.17) is 5.26 Å². The van der Waals surface area contributed by atoms with Crippen LogP contribution in [0.5, 0.6) is 0 Å². The van der Waals surface area contributed by atoms with Crippen molar-refractivity contribution < 1.29 is 0 Å². The van der Waals surface area contributed by atoms with Gasteiger partial charge in [-0.3, -0.25) is 4.57 Å². The maximum Gasteiger partial charge on any atom is 0.343 e. The van der Waals surface area contributed by atoms with Crippen LogP contribution in [0.3, 0.4) is 0 Å². The molecule has 2 atom stereocenters. The molecule has 0 aliphatic heterocycles. The molecule has 16 heavy (non-hydrogen) atoms. The zero-order valence-electron chi connectivity index (χ0n) is 9.14. The Bertz CT molecular complexity index is 458. The van der Waals surface area contributed by atoms with E-state index in [9.17, 15) is 4.79 Å². The number of aromatic amines is 1. The molecular weight excluding hydrogens is 224 g/mol. The minimum Gasteiger partial charge on any atom is -0.273 e. The Hall–Kier alpha value is -1.22. The number of aromatic nitrogens is 3. The first-order valence-electron chi connectivity index (χ1n) is 5.40. The maximum atomic E-state index is 11.2. The molecule has 5 nitrogen and oxygen atoms in total. The van der Waals surface area contributed by atoms with E-state index in [0.717, 1.165) is 25.7 Å². The molecule has 1 aromatic rings. The van der Waals surface area contributed by atoms with Gasteiger partial charge in [0.15, 0.2) is 5.16 Å². The predicted octanol–water partition coefficient (Wildman–Crippen LogP) is 1.28. The van der Waals surface area contributed by atoms with Gasteiger partial charge in [-0.05, 0) is 12.8 Å². The molecule has 1 saturated carbocycles. The summed E-state index contributed by atoms with van der Waals surface area (Å²) in [6.45, 7) is 0. The molecule has 1 aliphatic rings. The highest BCUT2D eigenvalue weighted by atomic mass is 32.2. The number of hydrogen-bond acceptors (Lipinski definition) is 4.